The highest BCUT2D eigenvalue weighted by Crippen LogP contribution is 2.31. The molecule has 8 heteroatoms. The number of rotatable bonds is 6. The molecule has 0 spiro atoms. The molecule has 1 aliphatic rings. The molecule has 1 N–H and O–H groups in total. The molecule has 1 unspecified atom stereocenters. The zero-order valence-corrected chi connectivity index (χ0v) is 18.4. The molecule has 1 saturated heterocycles. The van der Waals surface area contributed by atoms with Crippen molar-refractivity contribution < 1.29 is 23.8 Å². The second kappa shape index (κ2) is 9.28. The van der Waals surface area contributed by atoms with E-state index in [1.54, 1.807) is 19.5 Å². The van der Waals surface area contributed by atoms with E-state index in [1.165, 1.54) is 29.2 Å². The summed E-state index contributed by atoms with van der Waals surface area (Å²) < 4.78 is 20.7. The number of benzene rings is 2. The van der Waals surface area contributed by atoms with E-state index in [4.69, 9.17) is 4.74 Å². The van der Waals surface area contributed by atoms with Crippen LogP contribution in [0.15, 0.2) is 60.6 Å². The van der Waals surface area contributed by atoms with Gasteiger partial charge in [0.2, 0.25) is 0 Å². The number of piperidine rings is 1. The third-order valence-corrected chi connectivity index (χ3v) is 5.65. The van der Waals surface area contributed by atoms with E-state index in [9.17, 15) is 19.1 Å². The molecule has 0 bridgehead atoms. The monoisotopic (exact) mass is 449 g/mol. The number of carboxylic acids is 1. The second-order valence-electron chi connectivity index (χ2n) is 7.92. The van der Waals surface area contributed by atoms with Crippen LogP contribution in [-0.4, -0.2) is 45.1 Å². The van der Waals surface area contributed by atoms with Gasteiger partial charge in [-0.3, -0.25) is 4.79 Å². The number of carboxylic acid groups (broad SMARTS) is 1. The van der Waals surface area contributed by atoms with Gasteiger partial charge in [-0.15, -0.1) is 0 Å². The predicted octanol–water partition coefficient (Wildman–Crippen LogP) is 4.16. The Bertz CT molecular complexity index is 1220. The minimum Gasteiger partial charge on any atom is -0.495 e. The zero-order chi connectivity index (χ0) is 23.5. The Kier molecular flexibility index (Phi) is 6.26. The van der Waals surface area contributed by atoms with E-state index in [1.807, 2.05) is 35.9 Å². The van der Waals surface area contributed by atoms with E-state index in [0.717, 1.165) is 16.9 Å². The van der Waals surface area contributed by atoms with Crippen LogP contribution in [0.5, 0.6) is 5.75 Å². The van der Waals surface area contributed by atoms with Crippen LogP contribution in [0.4, 0.5) is 4.39 Å². The van der Waals surface area contributed by atoms with E-state index in [2.05, 4.69) is 4.98 Å². The Morgan fingerprint density at radius 2 is 2.00 bits per heavy atom. The lowest BCUT2D eigenvalue weighted by Crippen LogP contribution is -2.43. The topological polar surface area (TPSA) is 84.7 Å². The van der Waals surface area contributed by atoms with Crippen molar-refractivity contribution in [2.45, 2.75) is 25.8 Å². The predicted molar refractivity (Wildman–Crippen MR) is 121 cm³/mol. The number of methoxy groups -OCH3 is 1. The van der Waals surface area contributed by atoms with Crippen molar-refractivity contribution in [3.05, 3.63) is 83.2 Å². The highest BCUT2D eigenvalue weighted by Gasteiger charge is 2.34. The average molecular weight is 449 g/mol. The van der Waals surface area contributed by atoms with Crippen LogP contribution >= 0.6 is 0 Å². The van der Waals surface area contributed by atoms with Gasteiger partial charge in [-0.1, -0.05) is 18.2 Å². The molecule has 0 radical (unpaired) electrons. The van der Waals surface area contributed by atoms with Crippen molar-refractivity contribution in [2.75, 3.05) is 13.7 Å². The Hall–Kier alpha value is -3.94. The summed E-state index contributed by atoms with van der Waals surface area (Å²) in [5.74, 6) is -1.34. The molecule has 170 valence electrons. The first kappa shape index (κ1) is 22.3. The normalized spacial score (nSPS) is 16.2. The lowest BCUT2D eigenvalue weighted by molar-refractivity contribution is -0.150. The van der Waals surface area contributed by atoms with Crippen LogP contribution in [0.2, 0.25) is 0 Å². The summed E-state index contributed by atoms with van der Waals surface area (Å²) in [6.45, 7) is 2.21. The molecule has 0 aliphatic carbocycles. The molecule has 2 heterocycles. The number of likely N-dealkylation sites (tertiary alicyclic amines) is 1. The van der Waals surface area contributed by atoms with Gasteiger partial charge < -0.3 is 19.3 Å². The number of ether oxygens (including phenoxy) is 1. The van der Waals surface area contributed by atoms with Crippen LogP contribution in [0.25, 0.3) is 11.8 Å². The van der Waals surface area contributed by atoms with Crippen LogP contribution < -0.4 is 4.74 Å². The number of aryl methyl sites for hydroxylation is 1. The van der Waals surface area contributed by atoms with Crippen molar-refractivity contribution in [2.24, 2.45) is 0 Å². The summed E-state index contributed by atoms with van der Waals surface area (Å²) in [6, 6.07) is 9.62. The van der Waals surface area contributed by atoms with Gasteiger partial charge in [0.1, 0.15) is 11.6 Å². The molecule has 33 heavy (non-hydrogen) atoms. The Morgan fingerprint density at radius 3 is 2.64 bits per heavy atom. The number of aliphatic carboxylic acids is 1. The molecule has 7 nitrogen and oxygen atoms in total. The number of hydrogen-bond acceptors (Lipinski definition) is 4. The fraction of sp³-hybridized carbons (Fsp3) is 0.240. The summed E-state index contributed by atoms with van der Waals surface area (Å²) in [5.41, 5.74) is 3.35. The van der Waals surface area contributed by atoms with Gasteiger partial charge in [-0.2, -0.15) is 0 Å². The SMILES string of the molecule is COc1cc(C=C2CCCN(C(C(=O)O)c3ccc(F)cc3)C2=O)ccc1-n1cnc(C)c1. The number of nitrogens with zero attached hydrogens (tertiary/aromatic N) is 3. The van der Waals surface area contributed by atoms with E-state index in [-0.39, 0.29) is 5.91 Å². The first-order chi connectivity index (χ1) is 15.9. The second-order valence-corrected chi connectivity index (χ2v) is 7.92. The molecular formula is C25H24FN3O4. The molecule has 1 aromatic heterocycles. The maximum absolute atomic E-state index is 13.3. The molecule has 3 aromatic rings. The standard InChI is InChI=1S/C25H24FN3O4/c1-16-14-28(15-27-16)21-10-5-17(13-22(21)33-2)12-19-4-3-11-29(24(19)30)23(25(31)32)18-6-8-20(26)9-7-18/h5-10,12-15,23H,3-4,11H2,1-2H3,(H,31,32). The fourth-order valence-corrected chi connectivity index (χ4v) is 4.07. The highest BCUT2D eigenvalue weighted by molar-refractivity contribution is 6.00. The Morgan fingerprint density at radius 1 is 1.24 bits per heavy atom. The quantitative estimate of drug-likeness (QED) is 0.572. The van der Waals surface area contributed by atoms with Gasteiger partial charge in [0.05, 0.1) is 24.8 Å². The van der Waals surface area contributed by atoms with Crippen molar-refractivity contribution in [1.82, 2.24) is 14.5 Å². The number of halogens is 1. The number of hydrogen-bond donors (Lipinski definition) is 1. The summed E-state index contributed by atoms with van der Waals surface area (Å²) in [6.07, 6.45) is 6.53. The van der Waals surface area contributed by atoms with E-state index in [0.29, 0.717) is 36.3 Å². The number of carbonyl (C=O) groups excluding carboxylic acids is 1. The number of aromatic nitrogens is 2. The molecule has 1 amide bonds. The molecule has 1 aliphatic heterocycles. The Labute approximate surface area is 190 Å². The van der Waals surface area contributed by atoms with Crippen molar-refractivity contribution >= 4 is 18.0 Å². The number of amides is 1. The molecule has 0 saturated carbocycles. The first-order valence-electron chi connectivity index (χ1n) is 10.6. The molecular weight excluding hydrogens is 425 g/mol. The van der Waals surface area contributed by atoms with Gasteiger partial charge in [-0.05, 0) is 61.2 Å². The third-order valence-electron chi connectivity index (χ3n) is 5.65. The molecule has 1 fully saturated rings. The summed E-state index contributed by atoms with van der Waals surface area (Å²) in [4.78, 5) is 30.8. The minimum atomic E-state index is -1.18. The third kappa shape index (κ3) is 4.64. The maximum atomic E-state index is 13.3. The smallest absolute Gasteiger partial charge is 0.331 e. The van der Waals surface area contributed by atoms with Crippen LogP contribution in [0.1, 0.15) is 35.7 Å². The van der Waals surface area contributed by atoms with Gasteiger partial charge in [0, 0.05) is 18.3 Å². The molecule has 1 atom stereocenters. The van der Waals surface area contributed by atoms with Crippen molar-refractivity contribution in [3.8, 4) is 11.4 Å². The number of imidazole rings is 1. The van der Waals surface area contributed by atoms with Gasteiger partial charge in [0.15, 0.2) is 6.04 Å². The number of carbonyl (C=O) groups is 2. The van der Waals surface area contributed by atoms with Gasteiger partial charge in [0.25, 0.3) is 5.91 Å². The summed E-state index contributed by atoms with van der Waals surface area (Å²) >= 11 is 0. The van der Waals surface area contributed by atoms with Crippen molar-refractivity contribution in [1.29, 1.82) is 0 Å². The lowest BCUT2D eigenvalue weighted by atomic mass is 9.96. The average Bonchev–Trinajstić information content (AvgIpc) is 3.23. The van der Waals surface area contributed by atoms with Crippen molar-refractivity contribution in [3.63, 3.8) is 0 Å². The van der Waals surface area contributed by atoms with Crippen LogP contribution in [0.3, 0.4) is 0 Å². The molecule has 4 rings (SSSR count). The van der Waals surface area contributed by atoms with E-state index >= 15 is 0 Å². The fourth-order valence-electron chi connectivity index (χ4n) is 4.07. The first-order valence-corrected chi connectivity index (χ1v) is 10.6. The maximum Gasteiger partial charge on any atom is 0.331 e. The van der Waals surface area contributed by atoms with E-state index < -0.39 is 17.8 Å². The molecule has 2 aromatic carbocycles. The van der Waals surface area contributed by atoms with Crippen LogP contribution in [0, 0.1) is 12.7 Å². The largest absolute Gasteiger partial charge is 0.495 e. The lowest BCUT2D eigenvalue weighted by Gasteiger charge is -2.33. The zero-order valence-electron chi connectivity index (χ0n) is 18.4. The minimum absolute atomic E-state index is 0.312. The summed E-state index contributed by atoms with van der Waals surface area (Å²) in [5, 5.41) is 9.82. The van der Waals surface area contributed by atoms with Crippen LogP contribution in [-0.2, 0) is 9.59 Å². The van der Waals surface area contributed by atoms with Gasteiger partial charge >= 0.3 is 5.97 Å². The van der Waals surface area contributed by atoms with Gasteiger partial charge in [-0.25, -0.2) is 14.2 Å². The highest BCUT2D eigenvalue weighted by atomic mass is 19.1. The Balaban J connectivity index is 1.64. The summed E-state index contributed by atoms with van der Waals surface area (Å²) in [7, 11) is 1.58.